The molecule has 1 heterocycles. The minimum Gasteiger partial charge on any atom is -0.334 e. The average molecular weight is 195 g/mol. The van der Waals surface area contributed by atoms with Crippen molar-refractivity contribution in [3.63, 3.8) is 0 Å². The molecule has 0 aromatic heterocycles. The van der Waals surface area contributed by atoms with E-state index in [1.165, 1.54) is 12.8 Å². The number of ketones is 1. The third-order valence-electron chi connectivity index (χ3n) is 3.69. The van der Waals surface area contributed by atoms with Crippen molar-refractivity contribution >= 4 is 11.7 Å². The molecule has 0 unspecified atom stereocenters. The van der Waals surface area contributed by atoms with Crippen LogP contribution in [0.3, 0.4) is 0 Å². The first-order chi connectivity index (χ1) is 6.53. The molecule has 1 saturated carbocycles. The Morgan fingerprint density at radius 1 is 1.36 bits per heavy atom. The molecule has 3 nitrogen and oxygen atoms in total. The van der Waals surface area contributed by atoms with E-state index in [-0.39, 0.29) is 18.1 Å². The number of nitrogens with zero attached hydrogens (tertiary/aromatic N) is 1. The zero-order valence-corrected chi connectivity index (χ0v) is 8.88. The van der Waals surface area contributed by atoms with E-state index >= 15 is 0 Å². The minimum absolute atomic E-state index is 0.0296. The van der Waals surface area contributed by atoms with Crippen LogP contribution >= 0.6 is 0 Å². The van der Waals surface area contributed by atoms with Crippen molar-refractivity contribution in [2.75, 3.05) is 13.1 Å². The predicted molar refractivity (Wildman–Crippen MR) is 52.7 cm³/mol. The van der Waals surface area contributed by atoms with Crippen LogP contribution in [0.15, 0.2) is 0 Å². The lowest BCUT2D eigenvalue weighted by Gasteiger charge is -2.25. The molecule has 0 N–H and O–H groups in total. The lowest BCUT2D eigenvalue weighted by molar-refractivity contribution is -0.128. The van der Waals surface area contributed by atoms with Crippen LogP contribution in [0.1, 0.15) is 33.1 Å². The molecule has 78 valence electrons. The Bertz CT molecular complexity index is 279. The van der Waals surface area contributed by atoms with Crippen molar-refractivity contribution in [3.05, 3.63) is 0 Å². The van der Waals surface area contributed by atoms with Gasteiger partial charge in [0.2, 0.25) is 5.91 Å². The van der Waals surface area contributed by atoms with Gasteiger partial charge in [0.15, 0.2) is 5.78 Å². The van der Waals surface area contributed by atoms with Crippen LogP contribution in [0.4, 0.5) is 0 Å². The Labute approximate surface area is 84.5 Å². The Hall–Kier alpha value is -0.860. The van der Waals surface area contributed by atoms with Crippen molar-refractivity contribution in [2.45, 2.75) is 33.1 Å². The molecular formula is C11H17NO2. The number of carbonyl (C=O) groups is 2. The fraction of sp³-hybridized carbons (Fsp3) is 0.818. The van der Waals surface area contributed by atoms with Gasteiger partial charge in [-0.15, -0.1) is 0 Å². The third kappa shape index (κ3) is 1.56. The molecule has 2 fully saturated rings. The van der Waals surface area contributed by atoms with E-state index in [1.54, 1.807) is 4.90 Å². The smallest absolute Gasteiger partial charge is 0.230 e. The zero-order chi connectivity index (χ0) is 10.3. The normalized spacial score (nSPS) is 24.9. The number of hydrogen-bond donors (Lipinski definition) is 0. The van der Waals surface area contributed by atoms with E-state index in [2.05, 4.69) is 13.8 Å². The average Bonchev–Trinajstić information content (AvgIpc) is 2.77. The summed E-state index contributed by atoms with van der Waals surface area (Å²) in [5.74, 6) is 0.725. The standard InChI is InChI=1S/C11H17NO2/c1-8(2)11(3-4-11)7-12-6-9(13)5-10(12)14/h8H,3-7H2,1-2H3. The summed E-state index contributed by atoms with van der Waals surface area (Å²) in [6, 6.07) is 0. The van der Waals surface area contributed by atoms with Crippen molar-refractivity contribution in [1.29, 1.82) is 0 Å². The highest BCUT2D eigenvalue weighted by atomic mass is 16.2. The van der Waals surface area contributed by atoms with Crippen molar-refractivity contribution in [3.8, 4) is 0 Å². The maximum absolute atomic E-state index is 11.4. The van der Waals surface area contributed by atoms with Gasteiger partial charge < -0.3 is 4.90 Å². The van der Waals surface area contributed by atoms with Crippen LogP contribution in [0.25, 0.3) is 0 Å². The lowest BCUT2D eigenvalue weighted by atomic mass is 9.92. The summed E-state index contributed by atoms with van der Waals surface area (Å²) >= 11 is 0. The second-order valence-corrected chi connectivity index (χ2v) is 4.98. The first-order valence-electron chi connectivity index (χ1n) is 5.33. The predicted octanol–water partition coefficient (Wildman–Crippen LogP) is 1.22. The van der Waals surface area contributed by atoms with Gasteiger partial charge in [-0.2, -0.15) is 0 Å². The van der Waals surface area contributed by atoms with Gasteiger partial charge in [0.25, 0.3) is 0 Å². The van der Waals surface area contributed by atoms with E-state index in [4.69, 9.17) is 0 Å². The monoisotopic (exact) mass is 195 g/mol. The quantitative estimate of drug-likeness (QED) is 0.635. The van der Waals surface area contributed by atoms with Crippen LogP contribution in [0.2, 0.25) is 0 Å². The minimum atomic E-state index is 0.0296. The Morgan fingerprint density at radius 2 is 2.00 bits per heavy atom. The first kappa shape index (κ1) is 9.69. The highest BCUT2D eigenvalue weighted by Crippen LogP contribution is 2.52. The maximum Gasteiger partial charge on any atom is 0.230 e. The van der Waals surface area contributed by atoms with Crippen LogP contribution in [0, 0.1) is 11.3 Å². The Balaban J connectivity index is 1.98. The molecule has 0 atom stereocenters. The zero-order valence-electron chi connectivity index (χ0n) is 8.88. The van der Waals surface area contributed by atoms with Gasteiger partial charge in [-0.25, -0.2) is 0 Å². The molecule has 0 radical (unpaired) electrons. The summed E-state index contributed by atoms with van der Waals surface area (Å²) in [5, 5.41) is 0. The summed E-state index contributed by atoms with van der Waals surface area (Å²) < 4.78 is 0. The second kappa shape index (κ2) is 3.07. The highest BCUT2D eigenvalue weighted by molar-refractivity contribution is 6.05. The topological polar surface area (TPSA) is 37.4 Å². The third-order valence-corrected chi connectivity index (χ3v) is 3.69. The Morgan fingerprint density at radius 3 is 2.36 bits per heavy atom. The van der Waals surface area contributed by atoms with E-state index in [0.29, 0.717) is 17.9 Å². The summed E-state index contributed by atoms with van der Waals surface area (Å²) in [6.07, 6.45) is 2.56. The number of Topliss-reactive ketones (excluding diaryl/α,β-unsaturated/α-hetero) is 1. The molecule has 0 bridgehead atoms. The second-order valence-electron chi connectivity index (χ2n) is 4.98. The fourth-order valence-electron chi connectivity index (χ4n) is 2.24. The maximum atomic E-state index is 11.4. The molecule has 1 amide bonds. The fourth-order valence-corrected chi connectivity index (χ4v) is 2.24. The van der Waals surface area contributed by atoms with Gasteiger partial charge in [-0.3, -0.25) is 9.59 Å². The van der Waals surface area contributed by atoms with E-state index in [0.717, 1.165) is 6.54 Å². The van der Waals surface area contributed by atoms with Gasteiger partial charge in [0.1, 0.15) is 0 Å². The molecule has 2 aliphatic rings. The first-order valence-corrected chi connectivity index (χ1v) is 5.33. The number of carbonyl (C=O) groups excluding carboxylic acids is 2. The van der Waals surface area contributed by atoms with Crippen molar-refractivity contribution < 1.29 is 9.59 Å². The number of amides is 1. The number of hydrogen-bond acceptors (Lipinski definition) is 2. The molecule has 1 saturated heterocycles. The highest BCUT2D eigenvalue weighted by Gasteiger charge is 2.48. The molecule has 1 aliphatic carbocycles. The van der Waals surface area contributed by atoms with Gasteiger partial charge in [-0.05, 0) is 24.2 Å². The largest absolute Gasteiger partial charge is 0.334 e. The molecule has 14 heavy (non-hydrogen) atoms. The summed E-state index contributed by atoms with van der Waals surface area (Å²) in [4.78, 5) is 24.2. The van der Waals surface area contributed by atoms with Crippen molar-refractivity contribution in [1.82, 2.24) is 4.90 Å². The molecular weight excluding hydrogens is 178 g/mol. The molecule has 0 aromatic carbocycles. The summed E-state index contributed by atoms with van der Waals surface area (Å²) in [5.41, 5.74) is 0.334. The van der Waals surface area contributed by atoms with Gasteiger partial charge >= 0.3 is 0 Å². The number of likely N-dealkylation sites (tertiary alicyclic amines) is 1. The van der Waals surface area contributed by atoms with Gasteiger partial charge in [0.05, 0.1) is 13.0 Å². The number of rotatable bonds is 3. The molecule has 0 aromatic rings. The summed E-state index contributed by atoms with van der Waals surface area (Å²) in [6.45, 7) is 5.56. The van der Waals surface area contributed by atoms with Crippen LogP contribution in [0.5, 0.6) is 0 Å². The van der Waals surface area contributed by atoms with Gasteiger partial charge in [-0.1, -0.05) is 13.8 Å². The van der Waals surface area contributed by atoms with E-state index in [1.807, 2.05) is 0 Å². The molecule has 0 spiro atoms. The molecule has 2 rings (SSSR count). The molecule has 3 heteroatoms. The Kier molecular flexibility index (Phi) is 2.13. The van der Waals surface area contributed by atoms with Gasteiger partial charge in [0, 0.05) is 6.54 Å². The summed E-state index contributed by atoms with van der Waals surface area (Å²) in [7, 11) is 0. The van der Waals surface area contributed by atoms with E-state index in [9.17, 15) is 9.59 Å². The van der Waals surface area contributed by atoms with Crippen LogP contribution < -0.4 is 0 Å². The lowest BCUT2D eigenvalue weighted by Crippen LogP contribution is -2.34. The SMILES string of the molecule is CC(C)C1(CN2CC(=O)CC2=O)CC1. The molecule has 1 aliphatic heterocycles. The van der Waals surface area contributed by atoms with E-state index < -0.39 is 0 Å². The van der Waals surface area contributed by atoms with Crippen molar-refractivity contribution in [2.24, 2.45) is 11.3 Å². The van der Waals surface area contributed by atoms with Crippen LogP contribution in [-0.4, -0.2) is 29.7 Å². The van der Waals surface area contributed by atoms with Crippen LogP contribution in [-0.2, 0) is 9.59 Å².